The maximum Gasteiger partial charge on any atom is 0.225 e. The van der Waals surface area contributed by atoms with Crippen LogP contribution < -0.4 is 5.32 Å². The minimum atomic E-state index is 0.679. The number of hydrogen-bond donors (Lipinski definition) is 1. The molecule has 0 unspecified atom stereocenters. The first kappa shape index (κ1) is 14.7. The smallest absolute Gasteiger partial charge is 0.225 e. The van der Waals surface area contributed by atoms with Gasteiger partial charge < -0.3 is 5.32 Å². The van der Waals surface area contributed by atoms with Crippen LogP contribution in [0.1, 0.15) is 23.7 Å². The van der Waals surface area contributed by atoms with Gasteiger partial charge in [0, 0.05) is 16.8 Å². The zero-order valence-corrected chi connectivity index (χ0v) is 14.5. The Hall–Kier alpha value is -1.25. The van der Waals surface area contributed by atoms with Gasteiger partial charge in [0.15, 0.2) is 4.34 Å². The molecule has 0 amide bonds. The quantitative estimate of drug-likeness (QED) is 0.710. The van der Waals surface area contributed by atoms with Crippen molar-refractivity contribution < 1.29 is 0 Å². The van der Waals surface area contributed by atoms with Crippen LogP contribution in [-0.4, -0.2) is 26.7 Å². The Morgan fingerprint density at radius 1 is 1.19 bits per heavy atom. The van der Waals surface area contributed by atoms with Crippen LogP contribution in [0.25, 0.3) is 10.2 Å². The highest BCUT2D eigenvalue weighted by Crippen LogP contribution is 2.37. The van der Waals surface area contributed by atoms with Crippen molar-refractivity contribution in [1.82, 2.24) is 20.2 Å². The number of thiophene rings is 1. The van der Waals surface area contributed by atoms with Gasteiger partial charge in [-0.1, -0.05) is 18.3 Å². The van der Waals surface area contributed by atoms with E-state index in [1.165, 1.54) is 4.88 Å². The van der Waals surface area contributed by atoms with E-state index in [4.69, 9.17) is 0 Å². The topological polar surface area (TPSA) is 63.6 Å². The minimum Gasteiger partial charge on any atom is -0.354 e. The summed E-state index contributed by atoms with van der Waals surface area (Å²) in [6, 6.07) is 2.19. The van der Waals surface area contributed by atoms with Crippen molar-refractivity contribution in [2.75, 3.05) is 11.9 Å². The molecule has 0 aliphatic rings. The van der Waals surface area contributed by atoms with Crippen LogP contribution in [0.4, 0.5) is 5.95 Å². The molecule has 5 nitrogen and oxygen atoms in total. The van der Waals surface area contributed by atoms with Gasteiger partial charge in [0.25, 0.3) is 0 Å². The molecule has 3 rings (SSSR count). The molecule has 3 aromatic rings. The summed E-state index contributed by atoms with van der Waals surface area (Å²) in [5.41, 5.74) is 0. The molecule has 110 valence electrons. The Morgan fingerprint density at radius 2 is 2.05 bits per heavy atom. The molecule has 3 heterocycles. The number of nitrogens with one attached hydrogen (secondary N) is 1. The molecule has 0 bridgehead atoms. The van der Waals surface area contributed by atoms with Gasteiger partial charge in [-0.25, -0.2) is 9.97 Å². The van der Waals surface area contributed by atoms with Crippen LogP contribution in [0, 0.1) is 6.92 Å². The standard InChI is InChI=1S/C13H15N5S3/c1-4-8-6-9-10(20-8)15-12(14-5-2)16-11(9)21-13-18-17-7(3)19-13/h6H,4-5H2,1-3H3,(H,14,15,16). The van der Waals surface area contributed by atoms with E-state index in [2.05, 4.69) is 38.5 Å². The molecule has 0 saturated heterocycles. The number of anilines is 1. The minimum absolute atomic E-state index is 0.679. The summed E-state index contributed by atoms with van der Waals surface area (Å²) in [5, 5.41) is 14.5. The summed E-state index contributed by atoms with van der Waals surface area (Å²) in [6.45, 7) is 6.96. The van der Waals surface area contributed by atoms with E-state index in [-0.39, 0.29) is 0 Å². The van der Waals surface area contributed by atoms with Crippen molar-refractivity contribution in [1.29, 1.82) is 0 Å². The molecule has 0 atom stereocenters. The number of hydrogen-bond acceptors (Lipinski definition) is 8. The van der Waals surface area contributed by atoms with E-state index in [0.717, 1.165) is 37.6 Å². The third-order valence-corrected chi connectivity index (χ3v) is 5.85. The number of rotatable bonds is 5. The lowest BCUT2D eigenvalue weighted by molar-refractivity contribution is 0.980. The van der Waals surface area contributed by atoms with E-state index >= 15 is 0 Å². The van der Waals surface area contributed by atoms with E-state index in [1.807, 2.05) is 13.8 Å². The Balaban J connectivity index is 2.06. The lowest BCUT2D eigenvalue weighted by Crippen LogP contribution is -2.02. The van der Waals surface area contributed by atoms with Crippen molar-refractivity contribution in [2.45, 2.75) is 36.6 Å². The predicted molar refractivity (Wildman–Crippen MR) is 89.7 cm³/mol. The monoisotopic (exact) mass is 337 g/mol. The Labute approximate surface area is 135 Å². The molecule has 0 fully saturated rings. The summed E-state index contributed by atoms with van der Waals surface area (Å²) < 4.78 is 0.916. The second-order valence-electron chi connectivity index (χ2n) is 4.36. The average Bonchev–Trinajstić information content (AvgIpc) is 3.05. The van der Waals surface area contributed by atoms with Crippen LogP contribution in [-0.2, 0) is 6.42 Å². The molecule has 1 N–H and O–H groups in total. The Bertz CT molecular complexity index is 764. The van der Waals surface area contributed by atoms with Crippen molar-refractivity contribution in [3.63, 3.8) is 0 Å². The highest BCUT2D eigenvalue weighted by atomic mass is 32.2. The zero-order chi connectivity index (χ0) is 14.8. The highest BCUT2D eigenvalue weighted by Gasteiger charge is 2.14. The van der Waals surface area contributed by atoms with E-state index in [1.54, 1.807) is 34.4 Å². The summed E-state index contributed by atoms with van der Waals surface area (Å²) in [7, 11) is 0. The summed E-state index contributed by atoms with van der Waals surface area (Å²) in [6.07, 6.45) is 1.01. The van der Waals surface area contributed by atoms with Crippen LogP contribution in [0.15, 0.2) is 15.4 Å². The third kappa shape index (κ3) is 3.17. The molecular weight excluding hydrogens is 322 g/mol. The molecule has 0 aromatic carbocycles. The van der Waals surface area contributed by atoms with Crippen molar-refractivity contribution in [3.8, 4) is 0 Å². The van der Waals surface area contributed by atoms with Crippen LogP contribution in [0.5, 0.6) is 0 Å². The van der Waals surface area contributed by atoms with Gasteiger partial charge in [-0.3, -0.25) is 0 Å². The van der Waals surface area contributed by atoms with Crippen LogP contribution >= 0.6 is 34.4 Å². The fraction of sp³-hybridized carbons (Fsp3) is 0.385. The van der Waals surface area contributed by atoms with Gasteiger partial charge in [-0.2, -0.15) is 0 Å². The molecule has 8 heteroatoms. The first-order valence-electron chi connectivity index (χ1n) is 6.72. The lowest BCUT2D eigenvalue weighted by Gasteiger charge is -2.04. The van der Waals surface area contributed by atoms with Crippen LogP contribution in [0.2, 0.25) is 0 Å². The molecule has 0 radical (unpaired) electrons. The van der Waals surface area contributed by atoms with Gasteiger partial charge in [-0.15, -0.1) is 21.5 Å². The number of fused-ring (bicyclic) bond motifs is 1. The molecule has 0 aliphatic carbocycles. The summed E-state index contributed by atoms with van der Waals surface area (Å²) in [4.78, 5) is 11.6. The maximum atomic E-state index is 4.63. The van der Waals surface area contributed by atoms with Gasteiger partial charge in [-0.05, 0) is 38.1 Å². The van der Waals surface area contributed by atoms with E-state index in [0.29, 0.717) is 5.95 Å². The summed E-state index contributed by atoms with van der Waals surface area (Å²) in [5.74, 6) is 0.679. The Kier molecular flexibility index (Phi) is 4.37. The second kappa shape index (κ2) is 6.25. The van der Waals surface area contributed by atoms with E-state index < -0.39 is 0 Å². The second-order valence-corrected chi connectivity index (χ2v) is 7.89. The normalized spacial score (nSPS) is 11.2. The first-order valence-corrected chi connectivity index (χ1v) is 9.16. The lowest BCUT2D eigenvalue weighted by atomic mass is 10.3. The molecule has 0 aliphatic heterocycles. The van der Waals surface area contributed by atoms with Crippen molar-refractivity contribution in [3.05, 3.63) is 16.0 Å². The fourth-order valence-corrected chi connectivity index (χ4v) is 4.69. The molecule has 3 aromatic heterocycles. The van der Waals surface area contributed by atoms with Gasteiger partial charge in [0.2, 0.25) is 5.95 Å². The maximum absolute atomic E-state index is 4.63. The van der Waals surface area contributed by atoms with Gasteiger partial charge in [0.05, 0.1) is 0 Å². The zero-order valence-electron chi connectivity index (χ0n) is 12.0. The number of aryl methyl sites for hydroxylation is 2. The fourth-order valence-electron chi connectivity index (χ4n) is 1.84. The molecule has 21 heavy (non-hydrogen) atoms. The summed E-state index contributed by atoms with van der Waals surface area (Å²) >= 11 is 4.88. The SMILES string of the molecule is CCNc1nc(Sc2nnc(C)s2)c2cc(CC)sc2n1. The molecular formula is C13H15N5S3. The van der Waals surface area contributed by atoms with Gasteiger partial charge in [0.1, 0.15) is 14.9 Å². The highest BCUT2D eigenvalue weighted by molar-refractivity contribution is 8.01. The third-order valence-electron chi connectivity index (χ3n) is 2.78. The van der Waals surface area contributed by atoms with Crippen molar-refractivity contribution >= 4 is 50.6 Å². The average molecular weight is 337 g/mol. The van der Waals surface area contributed by atoms with E-state index in [9.17, 15) is 0 Å². The largest absolute Gasteiger partial charge is 0.354 e. The number of aromatic nitrogens is 4. The molecule has 0 saturated carbocycles. The molecule has 0 spiro atoms. The van der Waals surface area contributed by atoms with Crippen molar-refractivity contribution in [2.24, 2.45) is 0 Å². The Morgan fingerprint density at radius 3 is 2.71 bits per heavy atom. The number of nitrogens with zero attached hydrogens (tertiary/aromatic N) is 4. The van der Waals surface area contributed by atoms with Gasteiger partial charge >= 0.3 is 0 Å². The van der Waals surface area contributed by atoms with Crippen LogP contribution in [0.3, 0.4) is 0 Å². The predicted octanol–water partition coefficient (Wildman–Crippen LogP) is 4.00. The first-order chi connectivity index (χ1) is 10.2.